The maximum absolute atomic E-state index is 14.1. The molecule has 2 atom stereocenters. The van der Waals surface area contributed by atoms with Gasteiger partial charge in [-0.05, 0) is 57.7 Å². The second-order valence-electron chi connectivity index (χ2n) is 14.0. The summed E-state index contributed by atoms with van der Waals surface area (Å²) in [5, 5.41) is 15.0. The lowest BCUT2D eigenvalue weighted by atomic mass is 10.0. The van der Waals surface area contributed by atoms with Gasteiger partial charge in [0.15, 0.2) is 5.75 Å². The molecule has 0 saturated heterocycles. The topological polar surface area (TPSA) is 147 Å². The van der Waals surface area contributed by atoms with Crippen molar-refractivity contribution in [2.75, 3.05) is 16.9 Å². The van der Waals surface area contributed by atoms with Gasteiger partial charge in [-0.1, -0.05) is 36.4 Å². The largest absolute Gasteiger partial charge is 0.485 e. The van der Waals surface area contributed by atoms with Crippen molar-refractivity contribution in [3.8, 4) is 17.0 Å². The molecule has 0 radical (unpaired) electrons. The molecule has 5 aromatic rings. The fourth-order valence-electron chi connectivity index (χ4n) is 6.77. The molecule has 0 unspecified atom stereocenters. The molecule has 7 rings (SSSR count). The number of hydrogen-bond acceptors (Lipinski definition) is 9. The van der Waals surface area contributed by atoms with Gasteiger partial charge in [-0.2, -0.15) is 13.2 Å². The van der Waals surface area contributed by atoms with E-state index in [1.54, 1.807) is 6.20 Å². The summed E-state index contributed by atoms with van der Waals surface area (Å²) >= 11 is 0. The van der Waals surface area contributed by atoms with Crippen LogP contribution in [-0.4, -0.2) is 60.9 Å². The highest BCUT2D eigenvalue weighted by molar-refractivity contribution is 5.99. The Morgan fingerprint density at radius 1 is 1.08 bits per heavy atom. The van der Waals surface area contributed by atoms with E-state index in [0.717, 1.165) is 29.6 Å². The van der Waals surface area contributed by atoms with Crippen molar-refractivity contribution in [2.24, 2.45) is 0 Å². The Kier molecular flexibility index (Phi) is 9.07. The van der Waals surface area contributed by atoms with E-state index >= 15 is 0 Å². The van der Waals surface area contributed by atoms with Crippen LogP contribution in [0.5, 0.6) is 5.75 Å². The average Bonchev–Trinajstić information content (AvgIpc) is 3.88. The molecule has 1 aliphatic heterocycles. The van der Waals surface area contributed by atoms with Crippen LogP contribution in [0.1, 0.15) is 67.2 Å². The van der Waals surface area contributed by atoms with Crippen LogP contribution < -0.4 is 20.5 Å². The summed E-state index contributed by atoms with van der Waals surface area (Å²) in [5.74, 6) is -0.544. The van der Waals surface area contributed by atoms with Crippen molar-refractivity contribution in [2.45, 2.75) is 76.9 Å². The Bertz CT molecular complexity index is 2120. The number of aromatic amines is 1. The Morgan fingerprint density at radius 3 is 2.58 bits per heavy atom. The summed E-state index contributed by atoms with van der Waals surface area (Å²) in [6, 6.07) is 13.8. The zero-order valence-corrected chi connectivity index (χ0v) is 28.8. The van der Waals surface area contributed by atoms with Crippen molar-refractivity contribution in [1.29, 1.82) is 0 Å². The van der Waals surface area contributed by atoms with E-state index in [1.807, 2.05) is 56.1 Å². The molecular formula is C37H38F3N7O5. The van der Waals surface area contributed by atoms with Crippen molar-refractivity contribution >= 4 is 34.6 Å². The SMILES string of the molecule is CC(C)(C)OC(=O)n1cc(OCc2ccccc2)c2c1CCN2N[C@H]1CC[C@H](Nc2ncc(C(F)(F)F)c(-c3c[nH]c4cc(C(=O)O)ccc34)n2)C1. The number of anilines is 2. The van der Waals surface area contributed by atoms with Gasteiger partial charge in [0, 0.05) is 53.9 Å². The van der Waals surface area contributed by atoms with Crippen molar-refractivity contribution in [3.05, 3.63) is 89.5 Å². The van der Waals surface area contributed by atoms with Gasteiger partial charge in [0.25, 0.3) is 0 Å². The molecule has 1 aliphatic carbocycles. The van der Waals surface area contributed by atoms with Gasteiger partial charge in [-0.15, -0.1) is 0 Å². The molecule has 1 saturated carbocycles. The Labute approximate surface area is 296 Å². The highest BCUT2D eigenvalue weighted by Gasteiger charge is 2.38. The summed E-state index contributed by atoms with van der Waals surface area (Å²) in [7, 11) is 0. The fourth-order valence-corrected chi connectivity index (χ4v) is 6.77. The van der Waals surface area contributed by atoms with Gasteiger partial charge in [0.05, 0.1) is 23.1 Å². The van der Waals surface area contributed by atoms with Crippen LogP contribution in [0.25, 0.3) is 22.2 Å². The quantitative estimate of drug-likeness (QED) is 0.122. The van der Waals surface area contributed by atoms with Crippen LogP contribution in [0.3, 0.4) is 0 Å². The van der Waals surface area contributed by atoms with E-state index in [2.05, 4.69) is 25.7 Å². The molecule has 1 fully saturated rings. The van der Waals surface area contributed by atoms with Gasteiger partial charge in [-0.3, -0.25) is 4.57 Å². The molecule has 2 aliphatic rings. The number of aromatic nitrogens is 4. The number of carbonyl (C=O) groups is 2. The fraction of sp³-hybridized carbons (Fsp3) is 0.351. The van der Waals surface area contributed by atoms with Gasteiger partial charge in [0.1, 0.15) is 23.5 Å². The lowest BCUT2D eigenvalue weighted by Gasteiger charge is -2.25. The van der Waals surface area contributed by atoms with E-state index in [4.69, 9.17) is 9.47 Å². The minimum atomic E-state index is -4.72. The third-order valence-electron chi connectivity index (χ3n) is 9.10. The Hall–Kier alpha value is -5.57. The van der Waals surface area contributed by atoms with E-state index in [0.29, 0.717) is 49.1 Å². The molecule has 4 heterocycles. The number of benzene rings is 2. The number of nitrogens with zero attached hydrogens (tertiary/aromatic N) is 4. The predicted molar refractivity (Wildman–Crippen MR) is 187 cm³/mol. The third kappa shape index (κ3) is 7.26. The molecule has 3 aromatic heterocycles. The molecule has 12 nitrogen and oxygen atoms in total. The summed E-state index contributed by atoms with van der Waals surface area (Å²) in [5.41, 5.74) is 4.70. The van der Waals surface area contributed by atoms with E-state index in [9.17, 15) is 27.9 Å². The molecule has 52 heavy (non-hydrogen) atoms. The number of rotatable bonds is 9. The first kappa shape index (κ1) is 34.9. The lowest BCUT2D eigenvalue weighted by Crippen LogP contribution is -2.43. The number of carbonyl (C=O) groups excluding carboxylic acids is 1. The zero-order valence-electron chi connectivity index (χ0n) is 28.8. The first-order chi connectivity index (χ1) is 24.7. The number of alkyl halides is 3. The average molecular weight is 718 g/mol. The predicted octanol–water partition coefficient (Wildman–Crippen LogP) is 7.41. The number of halogens is 3. The molecular weight excluding hydrogens is 679 g/mol. The highest BCUT2D eigenvalue weighted by Crippen LogP contribution is 2.41. The second kappa shape index (κ2) is 13.5. The van der Waals surface area contributed by atoms with Gasteiger partial charge < -0.3 is 29.9 Å². The number of hydrazine groups is 1. The van der Waals surface area contributed by atoms with Crippen LogP contribution in [0.15, 0.2) is 67.1 Å². The van der Waals surface area contributed by atoms with Crippen LogP contribution in [0, 0.1) is 0 Å². The highest BCUT2D eigenvalue weighted by atomic mass is 19.4. The molecule has 272 valence electrons. The standard InChI is InChI=1S/C37H38F3N7O5/c1-36(2,3)52-35(50)46-19-30(51-20-21-7-5-4-6-8-21)32-29(46)13-14-47(32)45-24-11-10-23(16-24)43-34-42-18-27(37(38,39)40)31(44-34)26-17-41-28-15-22(33(48)49)9-12-25(26)28/h4-9,12,15,17-19,23-24,41,45H,10-11,13-14,16,20H2,1-3H3,(H,48,49)(H,42,43,44)/t23-,24-/m0/s1. The van der Waals surface area contributed by atoms with Crippen molar-refractivity contribution in [3.63, 3.8) is 0 Å². The molecule has 2 aromatic carbocycles. The van der Waals surface area contributed by atoms with Crippen molar-refractivity contribution < 1.29 is 37.3 Å². The molecule has 0 amide bonds. The monoisotopic (exact) mass is 717 g/mol. The summed E-state index contributed by atoms with van der Waals surface area (Å²) in [4.78, 5) is 35.9. The molecule has 4 N–H and O–H groups in total. The first-order valence-corrected chi connectivity index (χ1v) is 17.0. The number of nitrogens with one attached hydrogen (secondary N) is 3. The smallest absolute Gasteiger partial charge is 0.419 e. The molecule has 15 heteroatoms. The third-order valence-corrected chi connectivity index (χ3v) is 9.10. The van der Waals surface area contributed by atoms with E-state index in [-0.39, 0.29) is 34.9 Å². The van der Waals surface area contributed by atoms with Crippen LogP contribution >= 0.6 is 0 Å². The number of ether oxygens (including phenoxy) is 2. The lowest BCUT2D eigenvalue weighted by molar-refractivity contribution is -0.137. The Morgan fingerprint density at radius 2 is 1.85 bits per heavy atom. The van der Waals surface area contributed by atoms with Crippen molar-refractivity contribution in [1.82, 2.24) is 24.9 Å². The molecule has 0 bridgehead atoms. The summed E-state index contributed by atoms with van der Waals surface area (Å²) in [6.45, 7) is 6.35. The minimum absolute atomic E-state index is 0.00117. The maximum Gasteiger partial charge on any atom is 0.419 e. The van der Waals surface area contributed by atoms with Crippen LogP contribution in [0.4, 0.5) is 29.6 Å². The number of carboxylic acid groups (broad SMARTS) is 1. The van der Waals surface area contributed by atoms with Gasteiger partial charge >= 0.3 is 18.2 Å². The summed E-state index contributed by atoms with van der Waals surface area (Å²) in [6.07, 6.45) is 1.32. The number of carboxylic acids is 1. The van der Waals surface area contributed by atoms with Gasteiger partial charge in [0.2, 0.25) is 5.95 Å². The van der Waals surface area contributed by atoms with E-state index in [1.165, 1.54) is 29.0 Å². The normalized spacial score (nSPS) is 17.4. The number of H-pyrrole nitrogens is 1. The minimum Gasteiger partial charge on any atom is -0.485 e. The number of aromatic carboxylic acids is 1. The zero-order chi connectivity index (χ0) is 36.8. The Balaban J connectivity index is 1.08. The second-order valence-corrected chi connectivity index (χ2v) is 14.0. The summed E-state index contributed by atoms with van der Waals surface area (Å²) < 4.78 is 55.9. The molecule has 0 spiro atoms. The van der Waals surface area contributed by atoms with E-state index < -0.39 is 29.4 Å². The number of hydrogen-bond donors (Lipinski definition) is 4. The number of fused-ring (bicyclic) bond motifs is 2. The first-order valence-electron chi connectivity index (χ1n) is 17.0. The maximum atomic E-state index is 14.1. The van der Waals surface area contributed by atoms with Crippen LogP contribution in [0.2, 0.25) is 0 Å². The van der Waals surface area contributed by atoms with Crippen LogP contribution in [-0.2, 0) is 23.9 Å². The van der Waals surface area contributed by atoms with Gasteiger partial charge in [-0.25, -0.2) is 25.0 Å².